The third-order valence-electron chi connectivity index (χ3n) is 6.45. The summed E-state index contributed by atoms with van der Waals surface area (Å²) in [5.41, 5.74) is 0. The van der Waals surface area contributed by atoms with Crippen LogP contribution in [0.25, 0.3) is 0 Å². The van der Waals surface area contributed by atoms with E-state index in [1.807, 2.05) is 18.5 Å². The molecule has 0 bridgehead atoms. The lowest BCUT2D eigenvalue weighted by molar-refractivity contribution is -0.0152. The number of ether oxygens (including phenoxy) is 1. The summed E-state index contributed by atoms with van der Waals surface area (Å²) < 4.78 is 8.01. The van der Waals surface area contributed by atoms with Crippen molar-refractivity contribution in [2.45, 2.75) is 97.1 Å². The average molecular weight is 548 g/mol. The number of likely N-dealkylation sites (tertiary alicyclic amines) is 1. The van der Waals surface area contributed by atoms with Crippen molar-refractivity contribution < 1.29 is 4.74 Å². The molecule has 3 rings (SSSR count). The van der Waals surface area contributed by atoms with Crippen molar-refractivity contribution in [2.24, 2.45) is 12.0 Å². The number of nitrogens with zero attached hydrogens (tertiary/aromatic N) is 5. The summed E-state index contributed by atoms with van der Waals surface area (Å²) in [6, 6.07) is 1.03. The zero-order chi connectivity index (χ0) is 21.5. The van der Waals surface area contributed by atoms with Crippen LogP contribution in [0.5, 0.6) is 0 Å². The molecule has 0 spiro atoms. The fourth-order valence-electron chi connectivity index (χ4n) is 4.57. The Morgan fingerprint density at radius 1 is 1.19 bits per heavy atom. The SMILES string of the molecule is CCN1CCCC1CNC(=NCc1nnc(C)n1C)NC1CCC(OC(C)C)CC1.I. The van der Waals surface area contributed by atoms with Crippen molar-refractivity contribution in [3.05, 3.63) is 11.6 Å². The molecule has 2 aliphatic rings. The van der Waals surface area contributed by atoms with Gasteiger partial charge in [0.2, 0.25) is 0 Å². The van der Waals surface area contributed by atoms with E-state index in [-0.39, 0.29) is 24.0 Å². The summed E-state index contributed by atoms with van der Waals surface area (Å²) in [7, 11) is 1.99. The summed E-state index contributed by atoms with van der Waals surface area (Å²) in [5.74, 6) is 2.70. The number of aliphatic imine (C=N–C) groups is 1. The van der Waals surface area contributed by atoms with Crippen molar-refractivity contribution in [1.82, 2.24) is 30.3 Å². The third kappa shape index (κ3) is 7.85. The van der Waals surface area contributed by atoms with Crippen LogP contribution in [0.2, 0.25) is 0 Å². The number of hydrogen-bond donors (Lipinski definition) is 2. The zero-order valence-electron chi connectivity index (χ0n) is 19.9. The number of hydrogen-bond acceptors (Lipinski definition) is 5. The average Bonchev–Trinajstić information content (AvgIpc) is 3.31. The summed E-state index contributed by atoms with van der Waals surface area (Å²) in [4.78, 5) is 7.42. The Bertz CT molecular complexity index is 685. The summed E-state index contributed by atoms with van der Waals surface area (Å²) >= 11 is 0. The first-order valence-corrected chi connectivity index (χ1v) is 11.8. The number of rotatable bonds is 8. The molecule has 178 valence electrons. The topological polar surface area (TPSA) is 79.6 Å². The molecule has 1 atom stereocenters. The van der Waals surface area contributed by atoms with E-state index in [1.54, 1.807) is 0 Å². The molecule has 0 amide bonds. The Kier molecular flexibility index (Phi) is 11.0. The first-order chi connectivity index (χ1) is 14.5. The van der Waals surface area contributed by atoms with Gasteiger partial charge in [-0.25, -0.2) is 4.99 Å². The van der Waals surface area contributed by atoms with Crippen LogP contribution < -0.4 is 10.6 Å². The molecule has 1 aliphatic carbocycles. The summed E-state index contributed by atoms with van der Waals surface area (Å²) in [5, 5.41) is 15.7. The molecule has 2 heterocycles. The van der Waals surface area contributed by atoms with Gasteiger partial charge in [0, 0.05) is 25.7 Å². The van der Waals surface area contributed by atoms with Gasteiger partial charge in [-0.3, -0.25) is 4.90 Å². The van der Waals surface area contributed by atoms with Crippen molar-refractivity contribution in [3.8, 4) is 0 Å². The van der Waals surface area contributed by atoms with Gasteiger partial charge >= 0.3 is 0 Å². The van der Waals surface area contributed by atoms with Crippen LogP contribution in [0, 0.1) is 6.92 Å². The molecular formula is C22H42IN7O. The Morgan fingerprint density at radius 3 is 2.55 bits per heavy atom. The third-order valence-corrected chi connectivity index (χ3v) is 6.45. The van der Waals surface area contributed by atoms with Crippen LogP contribution in [-0.4, -0.2) is 69.5 Å². The van der Waals surface area contributed by atoms with Crippen molar-refractivity contribution in [1.29, 1.82) is 0 Å². The normalized spacial score (nSPS) is 25.0. The first kappa shape index (κ1) is 26.3. The molecule has 1 unspecified atom stereocenters. The van der Waals surface area contributed by atoms with Gasteiger partial charge in [-0.05, 0) is 72.4 Å². The lowest BCUT2D eigenvalue weighted by Gasteiger charge is -2.31. The van der Waals surface area contributed by atoms with Gasteiger partial charge in [0.05, 0.1) is 12.2 Å². The molecule has 0 aromatic carbocycles. The van der Waals surface area contributed by atoms with Gasteiger partial charge in [-0.15, -0.1) is 34.2 Å². The number of aromatic nitrogens is 3. The zero-order valence-corrected chi connectivity index (χ0v) is 22.3. The molecule has 1 saturated carbocycles. The maximum atomic E-state index is 6.01. The second-order valence-electron chi connectivity index (χ2n) is 9.00. The molecule has 1 aromatic rings. The fraction of sp³-hybridized carbons (Fsp3) is 0.864. The van der Waals surface area contributed by atoms with Crippen molar-refractivity contribution >= 4 is 29.9 Å². The minimum Gasteiger partial charge on any atom is -0.376 e. The van der Waals surface area contributed by atoms with Crippen molar-refractivity contribution in [2.75, 3.05) is 19.6 Å². The van der Waals surface area contributed by atoms with Gasteiger partial charge in [-0.2, -0.15) is 0 Å². The van der Waals surface area contributed by atoms with Crippen LogP contribution in [0.3, 0.4) is 0 Å². The smallest absolute Gasteiger partial charge is 0.191 e. The molecule has 31 heavy (non-hydrogen) atoms. The van der Waals surface area contributed by atoms with E-state index in [0.29, 0.717) is 30.8 Å². The number of halogens is 1. The maximum Gasteiger partial charge on any atom is 0.191 e. The molecule has 9 heteroatoms. The van der Waals surface area contributed by atoms with Crippen LogP contribution in [-0.2, 0) is 18.3 Å². The Balaban J connectivity index is 0.00000341. The second kappa shape index (κ2) is 12.9. The second-order valence-corrected chi connectivity index (χ2v) is 9.00. The summed E-state index contributed by atoms with van der Waals surface area (Å²) in [6.45, 7) is 12.2. The molecular weight excluding hydrogens is 505 g/mol. The number of aryl methyl sites for hydroxylation is 1. The lowest BCUT2D eigenvalue weighted by Crippen LogP contribution is -2.49. The number of nitrogens with one attached hydrogen (secondary N) is 2. The molecule has 2 N–H and O–H groups in total. The molecule has 1 aliphatic heterocycles. The van der Waals surface area contributed by atoms with E-state index in [9.17, 15) is 0 Å². The molecule has 8 nitrogen and oxygen atoms in total. The molecule has 0 radical (unpaired) electrons. The van der Waals surface area contributed by atoms with E-state index in [0.717, 1.165) is 56.4 Å². The van der Waals surface area contributed by atoms with Gasteiger partial charge in [0.15, 0.2) is 11.8 Å². The number of likely N-dealkylation sites (N-methyl/N-ethyl adjacent to an activating group) is 1. The quantitative estimate of drug-likeness (QED) is 0.296. The highest BCUT2D eigenvalue weighted by atomic mass is 127. The molecule has 1 aromatic heterocycles. The predicted octanol–water partition coefficient (Wildman–Crippen LogP) is 3.00. The van der Waals surface area contributed by atoms with E-state index in [2.05, 4.69) is 46.5 Å². The highest BCUT2D eigenvalue weighted by Gasteiger charge is 2.25. The standard InChI is InChI=1S/C22H41N7O.HI/c1-6-29-13-7-8-19(29)14-23-22(24-15-21-27-26-17(4)28(21)5)25-18-9-11-20(12-10-18)30-16(2)3;/h16,18-20H,6-15H2,1-5H3,(H2,23,24,25);1H. The van der Waals surface area contributed by atoms with Crippen molar-refractivity contribution in [3.63, 3.8) is 0 Å². The Hall–Kier alpha value is -0.940. The minimum atomic E-state index is 0. The minimum absolute atomic E-state index is 0. The highest BCUT2D eigenvalue weighted by Crippen LogP contribution is 2.22. The predicted molar refractivity (Wildman–Crippen MR) is 136 cm³/mol. The lowest BCUT2D eigenvalue weighted by atomic mass is 9.93. The van der Waals surface area contributed by atoms with Gasteiger partial charge < -0.3 is 19.9 Å². The van der Waals surface area contributed by atoms with E-state index in [1.165, 1.54) is 19.4 Å². The van der Waals surface area contributed by atoms with Gasteiger partial charge in [0.25, 0.3) is 0 Å². The summed E-state index contributed by atoms with van der Waals surface area (Å²) in [6.07, 6.45) is 7.70. The largest absolute Gasteiger partial charge is 0.376 e. The Labute approximate surface area is 205 Å². The highest BCUT2D eigenvalue weighted by molar-refractivity contribution is 14.0. The van der Waals surface area contributed by atoms with Gasteiger partial charge in [-0.1, -0.05) is 6.92 Å². The van der Waals surface area contributed by atoms with Crippen LogP contribution >= 0.6 is 24.0 Å². The molecule has 2 fully saturated rings. The van der Waals surface area contributed by atoms with Crippen LogP contribution in [0.15, 0.2) is 4.99 Å². The maximum absolute atomic E-state index is 6.01. The van der Waals surface area contributed by atoms with Gasteiger partial charge in [0.1, 0.15) is 12.4 Å². The first-order valence-electron chi connectivity index (χ1n) is 11.8. The number of guanidine groups is 1. The van der Waals surface area contributed by atoms with Crippen LogP contribution in [0.4, 0.5) is 0 Å². The van der Waals surface area contributed by atoms with Crippen LogP contribution in [0.1, 0.15) is 70.9 Å². The van der Waals surface area contributed by atoms with E-state index >= 15 is 0 Å². The fourth-order valence-corrected chi connectivity index (χ4v) is 4.57. The molecule has 1 saturated heterocycles. The van der Waals surface area contributed by atoms with E-state index < -0.39 is 0 Å². The van der Waals surface area contributed by atoms with E-state index in [4.69, 9.17) is 9.73 Å². The Morgan fingerprint density at radius 2 is 1.94 bits per heavy atom. The monoisotopic (exact) mass is 547 g/mol.